The quantitative estimate of drug-likeness (QED) is 0.588. The van der Waals surface area contributed by atoms with Crippen molar-refractivity contribution in [1.82, 2.24) is 9.62 Å². The lowest BCUT2D eigenvalue weighted by atomic mass is 10.1. The number of nitrogens with zero attached hydrogens (tertiary/aromatic N) is 2. The average molecular weight is 432 g/mol. The van der Waals surface area contributed by atoms with E-state index in [1.54, 1.807) is 28.1 Å². The molecule has 0 heterocycles. The van der Waals surface area contributed by atoms with Gasteiger partial charge < -0.3 is 9.47 Å². The lowest BCUT2D eigenvalue weighted by molar-refractivity contribution is 0.395. The predicted molar refractivity (Wildman–Crippen MR) is 117 cm³/mol. The van der Waals surface area contributed by atoms with Gasteiger partial charge in [0.1, 0.15) is 17.0 Å². The molecule has 0 aliphatic rings. The van der Waals surface area contributed by atoms with Crippen molar-refractivity contribution in [3.63, 3.8) is 0 Å². The number of methoxy groups -OCH3 is 2. The SMILES string of the molecule is COc1ccc(CN(Cc2ccc(OC)cc2)S(=O)(=O)CCNC(C)(C)C#N)cc1. The van der Waals surface area contributed by atoms with Crippen LogP contribution in [0.25, 0.3) is 0 Å². The Balaban J connectivity index is 2.20. The summed E-state index contributed by atoms with van der Waals surface area (Å²) in [7, 11) is -0.405. The summed E-state index contributed by atoms with van der Waals surface area (Å²) in [6, 6.07) is 16.8. The molecule has 7 nitrogen and oxygen atoms in total. The summed E-state index contributed by atoms with van der Waals surface area (Å²) in [5, 5.41) is 12.1. The maximum Gasteiger partial charge on any atom is 0.215 e. The molecule has 2 aromatic rings. The van der Waals surface area contributed by atoms with Crippen molar-refractivity contribution in [1.29, 1.82) is 5.26 Å². The standard InChI is InChI=1S/C22H29N3O4S/c1-22(2,17-23)24-13-14-30(26,27)25(15-18-5-9-20(28-3)10-6-18)16-19-7-11-21(29-4)12-8-19/h5-12,24H,13-16H2,1-4H3. The Morgan fingerprint density at radius 3 is 1.73 bits per heavy atom. The Morgan fingerprint density at radius 2 is 1.37 bits per heavy atom. The zero-order chi connectivity index (χ0) is 22.2. The highest BCUT2D eigenvalue weighted by Gasteiger charge is 2.24. The fourth-order valence-corrected chi connectivity index (χ4v) is 4.09. The summed E-state index contributed by atoms with van der Waals surface area (Å²) >= 11 is 0. The van der Waals surface area contributed by atoms with Gasteiger partial charge in [-0.25, -0.2) is 8.42 Å². The molecule has 1 N–H and O–H groups in total. The van der Waals surface area contributed by atoms with Gasteiger partial charge in [-0.2, -0.15) is 9.57 Å². The molecule has 0 unspecified atom stereocenters. The highest BCUT2D eigenvalue weighted by atomic mass is 32.2. The van der Waals surface area contributed by atoms with Gasteiger partial charge >= 0.3 is 0 Å². The van der Waals surface area contributed by atoms with Gasteiger partial charge in [-0.3, -0.25) is 5.32 Å². The van der Waals surface area contributed by atoms with Crippen molar-refractivity contribution in [3.8, 4) is 17.6 Å². The summed E-state index contributed by atoms with van der Waals surface area (Å²) in [5.41, 5.74) is 0.933. The third kappa shape index (κ3) is 7.02. The first-order valence-corrected chi connectivity index (χ1v) is 11.2. The number of hydrogen-bond acceptors (Lipinski definition) is 6. The van der Waals surface area contributed by atoms with Crippen LogP contribution >= 0.6 is 0 Å². The number of nitriles is 1. The average Bonchev–Trinajstić information content (AvgIpc) is 2.74. The third-order valence-electron chi connectivity index (χ3n) is 4.64. The molecule has 162 valence electrons. The molecule has 0 aliphatic heterocycles. The van der Waals surface area contributed by atoms with Gasteiger partial charge in [-0.1, -0.05) is 24.3 Å². The largest absolute Gasteiger partial charge is 0.497 e. The van der Waals surface area contributed by atoms with E-state index in [0.29, 0.717) is 11.5 Å². The van der Waals surface area contributed by atoms with Crippen LogP contribution in [0.15, 0.2) is 48.5 Å². The topological polar surface area (TPSA) is 91.7 Å². The summed E-state index contributed by atoms with van der Waals surface area (Å²) in [6.45, 7) is 4.09. The van der Waals surface area contributed by atoms with Gasteiger partial charge in [-0.15, -0.1) is 0 Å². The molecule has 2 rings (SSSR count). The second kappa shape index (κ2) is 10.4. The van der Waals surface area contributed by atoms with Crippen molar-refractivity contribution in [2.75, 3.05) is 26.5 Å². The minimum atomic E-state index is -3.58. The number of hydrogen-bond donors (Lipinski definition) is 1. The van der Waals surface area contributed by atoms with Gasteiger partial charge in [-0.05, 0) is 49.2 Å². The van der Waals surface area contributed by atoms with E-state index in [1.807, 2.05) is 48.5 Å². The van der Waals surface area contributed by atoms with Crippen LogP contribution in [-0.4, -0.2) is 44.8 Å². The monoisotopic (exact) mass is 431 g/mol. The van der Waals surface area contributed by atoms with Crippen molar-refractivity contribution in [2.24, 2.45) is 0 Å². The second-order valence-corrected chi connectivity index (χ2v) is 9.53. The number of rotatable bonds is 11. The van der Waals surface area contributed by atoms with E-state index in [-0.39, 0.29) is 25.4 Å². The Labute approximate surface area is 179 Å². The summed E-state index contributed by atoms with van der Waals surface area (Å²) < 4.78 is 38.0. The van der Waals surface area contributed by atoms with Crippen LogP contribution in [0.1, 0.15) is 25.0 Å². The molecule has 0 radical (unpaired) electrons. The van der Waals surface area contributed by atoms with Crippen LogP contribution < -0.4 is 14.8 Å². The van der Waals surface area contributed by atoms with Gasteiger partial charge in [0, 0.05) is 19.6 Å². The minimum Gasteiger partial charge on any atom is -0.497 e. The molecule has 0 aliphatic carbocycles. The lowest BCUT2D eigenvalue weighted by Crippen LogP contribution is -2.42. The smallest absolute Gasteiger partial charge is 0.215 e. The molecule has 0 fully saturated rings. The van der Waals surface area contributed by atoms with E-state index in [4.69, 9.17) is 14.7 Å². The molecule has 2 aromatic carbocycles. The lowest BCUT2D eigenvalue weighted by Gasteiger charge is -2.24. The molecular formula is C22H29N3O4S. The van der Waals surface area contributed by atoms with Gasteiger partial charge in [0.15, 0.2) is 0 Å². The first-order chi connectivity index (χ1) is 14.2. The molecule has 0 saturated carbocycles. The molecule has 8 heteroatoms. The molecule has 0 atom stereocenters. The number of ether oxygens (including phenoxy) is 2. The van der Waals surface area contributed by atoms with E-state index >= 15 is 0 Å². The normalized spacial score (nSPS) is 11.9. The minimum absolute atomic E-state index is 0.107. The Kier molecular flexibility index (Phi) is 8.24. The summed E-state index contributed by atoms with van der Waals surface area (Å²) in [5.74, 6) is 1.32. The maximum atomic E-state index is 13.1. The first-order valence-electron chi connectivity index (χ1n) is 9.59. The van der Waals surface area contributed by atoms with Gasteiger partial charge in [0.2, 0.25) is 10.0 Å². The van der Waals surface area contributed by atoms with E-state index in [1.165, 1.54) is 4.31 Å². The van der Waals surface area contributed by atoms with Crippen LogP contribution in [0.5, 0.6) is 11.5 Å². The number of sulfonamides is 1. The van der Waals surface area contributed by atoms with E-state index in [2.05, 4.69) is 11.4 Å². The highest BCUT2D eigenvalue weighted by Crippen LogP contribution is 2.19. The molecule has 0 saturated heterocycles. The van der Waals surface area contributed by atoms with Gasteiger partial charge in [0.05, 0.1) is 26.0 Å². The Bertz CT molecular complexity index is 900. The zero-order valence-corrected chi connectivity index (χ0v) is 18.7. The summed E-state index contributed by atoms with van der Waals surface area (Å²) in [6.07, 6.45) is 0. The molecular weight excluding hydrogens is 402 g/mol. The van der Waals surface area contributed by atoms with Crippen LogP contribution in [0.2, 0.25) is 0 Å². The van der Waals surface area contributed by atoms with Crippen molar-refractivity contribution in [2.45, 2.75) is 32.5 Å². The van der Waals surface area contributed by atoms with Crippen molar-refractivity contribution >= 4 is 10.0 Å². The highest BCUT2D eigenvalue weighted by molar-refractivity contribution is 7.89. The fraction of sp³-hybridized carbons (Fsp3) is 0.409. The first kappa shape index (κ1) is 23.7. The number of nitrogens with one attached hydrogen (secondary N) is 1. The predicted octanol–water partition coefficient (Wildman–Crippen LogP) is 2.93. The van der Waals surface area contributed by atoms with Crippen molar-refractivity contribution in [3.05, 3.63) is 59.7 Å². The number of benzene rings is 2. The van der Waals surface area contributed by atoms with E-state index in [9.17, 15) is 8.42 Å². The Hall–Kier alpha value is -2.60. The molecule has 30 heavy (non-hydrogen) atoms. The van der Waals surface area contributed by atoms with Gasteiger partial charge in [0.25, 0.3) is 0 Å². The molecule has 0 aromatic heterocycles. The fourth-order valence-electron chi connectivity index (χ4n) is 2.78. The molecule has 0 bridgehead atoms. The molecule has 0 amide bonds. The zero-order valence-electron chi connectivity index (χ0n) is 17.9. The van der Waals surface area contributed by atoms with Crippen LogP contribution in [-0.2, 0) is 23.1 Å². The maximum absolute atomic E-state index is 13.1. The third-order valence-corrected chi connectivity index (χ3v) is 6.40. The second-order valence-electron chi connectivity index (χ2n) is 7.44. The Morgan fingerprint density at radius 1 is 0.933 bits per heavy atom. The van der Waals surface area contributed by atoms with Crippen LogP contribution in [0.4, 0.5) is 0 Å². The van der Waals surface area contributed by atoms with Crippen molar-refractivity contribution < 1.29 is 17.9 Å². The van der Waals surface area contributed by atoms with E-state index < -0.39 is 15.6 Å². The van der Waals surface area contributed by atoms with Crippen LogP contribution in [0, 0.1) is 11.3 Å². The summed E-state index contributed by atoms with van der Waals surface area (Å²) in [4.78, 5) is 0. The van der Waals surface area contributed by atoms with Crippen LogP contribution in [0.3, 0.4) is 0 Å². The van der Waals surface area contributed by atoms with E-state index in [0.717, 1.165) is 11.1 Å². The molecule has 0 spiro atoms.